The van der Waals surface area contributed by atoms with E-state index in [1.54, 1.807) is 0 Å². The van der Waals surface area contributed by atoms with Crippen LogP contribution in [0.1, 0.15) is 37.4 Å². The van der Waals surface area contributed by atoms with Crippen molar-refractivity contribution >= 4 is 17.5 Å². The molecule has 0 unspecified atom stereocenters. The Labute approximate surface area is 123 Å². The van der Waals surface area contributed by atoms with Gasteiger partial charge in [0.2, 0.25) is 5.91 Å². The van der Waals surface area contributed by atoms with E-state index in [0.717, 1.165) is 36.3 Å². The second-order valence-corrected chi connectivity index (χ2v) is 6.81. The van der Waals surface area contributed by atoms with E-state index in [1.807, 2.05) is 24.3 Å². The van der Waals surface area contributed by atoms with E-state index in [4.69, 9.17) is 16.3 Å². The molecular weight excluding hydrogens is 274 g/mol. The zero-order chi connectivity index (χ0) is 13.7. The first kappa shape index (κ1) is 12.7. The summed E-state index contributed by atoms with van der Waals surface area (Å²) < 4.78 is 5.83. The molecule has 1 aromatic carbocycles. The van der Waals surface area contributed by atoms with Crippen LogP contribution in [0.3, 0.4) is 0 Å². The van der Waals surface area contributed by atoms with E-state index in [9.17, 15) is 4.79 Å². The lowest BCUT2D eigenvalue weighted by atomic mass is 9.97. The van der Waals surface area contributed by atoms with Gasteiger partial charge in [-0.3, -0.25) is 4.79 Å². The Morgan fingerprint density at radius 1 is 1.40 bits per heavy atom. The fourth-order valence-corrected chi connectivity index (χ4v) is 3.47. The molecule has 1 saturated heterocycles. The Bertz CT molecular complexity index is 553. The predicted molar refractivity (Wildman–Crippen MR) is 76.5 cm³/mol. The molecule has 0 bridgehead atoms. The van der Waals surface area contributed by atoms with Crippen LogP contribution in [0.4, 0.5) is 0 Å². The van der Waals surface area contributed by atoms with E-state index >= 15 is 0 Å². The summed E-state index contributed by atoms with van der Waals surface area (Å²) in [5, 5.41) is 3.96. The van der Waals surface area contributed by atoms with Crippen LogP contribution in [0.5, 0.6) is 0 Å². The summed E-state index contributed by atoms with van der Waals surface area (Å²) in [6.45, 7) is 0.693. The fourth-order valence-electron chi connectivity index (χ4n) is 3.27. The van der Waals surface area contributed by atoms with Crippen molar-refractivity contribution in [3.05, 3.63) is 34.9 Å². The number of carbonyl (C=O) groups excluding carboxylic acids is 1. The van der Waals surface area contributed by atoms with Crippen LogP contribution in [0, 0.1) is 11.3 Å². The molecule has 20 heavy (non-hydrogen) atoms. The zero-order valence-corrected chi connectivity index (χ0v) is 12.0. The number of hydrogen-bond acceptors (Lipinski definition) is 2. The average Bonchev–Trinajstić information content (AvgIpc) is 3.28. The number of rotatable bonds is 3. The number of benzene rings is 1. The van der Waals surface area contributed by atoms with E-state index in [0.29, 0.717) is 12.5 Å². The Kier molecular flexibility index (Phi) is 2.83. The van der Waals surface area contributed by atoms with Crippen LogP contribution >= 0.6 is 11.6 Å². The lowest BCUT2D eigenvalue weighted by Gasteiger charge is -2.31. The van der Waals surface area contributed by atoms with Crippen LogP contribution in [-0.2, 0) is 9.53 Å². The van der Waals surface area contributed by atoms with Crippen molar-refractivity contribution in [2.75, 3.05) is 6.61 Å². The standard InChI is InChI=1S/C16H18ClNO2/c17-12-3-1-2-10(6-12)14-7-13(4-5-20-14)18-15(19)16-8-11(16)9-16/h1-3,6,11,13-14H,4-5,7-9H2,(H,18,19)/t11?,13-,14-,16?/m0/s1. The largest absolute Gasteiger partial charge is 0.373 e. The van der Waals surface area contributed by atoms with Crippen molar-refractivity contribution in [3.63, 3.8) is 0 Å². The lowest BCUT2D eigenvalue weighted by molar-refractivity contribution is -0.126. The number of amides is 1. The van der Waals surface area contributed by atoms with Gasteiger partial charge in [-0.25, -0.2) is 0 Å². The molecule has 4 rings (SSSR count). The SMILES string of the molecule is O=C(N[C@H]1CCO[C@H](c2cccc(Cl)c2)C1)C12CC1C2. The van der Waals surface area contributed by atoms with Gasteiger partial charge in [-0.2, -0.15) is 0 Å². The predicted octanol–water partition coefficient (Wildman–Crippen LogP) is 3.09. The number of hydrogen-bond donors (Lipinski definition) is 1. The summed E-state index contributed by atoms with van der Waals surface area (Å²) in [5.41, 5.74) is 1.16. The third-order valence-corrected chi connectivity index (χ3v) is 5.21. The number of ether oxygens (including phenoxy) is 1. The van der Waals surface area contributed by atoms with Crippen molar-refractivity contribution in [2.45, 2.75) is 37.8 Å². The van der Waals surface area contributed by atoms with Gasteiger partial charge in [0.1, 0.15) is 0 Å². The van der Waals surface area contributed by atoms with Crippen LogP contribution < -0.4 is 5.32 Å². The minimum Gasteiger partial charge on any atom is -0.373 e. The molecule has 1 amide bonds. The Morgan fingerprint density at radius 3 is 2.90 bits per heavy atom. The minimum atomic E-state index is 0.0412. The van der Waals surface area contributed by atoms with Crippen molar-refractivity contribution < 1.29 is 9.53 Å². The normalized spacial score (nSPS) is 38.0. The van der Waals surface area contributed by atoms with Gasteiger partial charge in [0.15, 0.2) is 0 Å². The molecule has 1 aliphatic heterocycles. The van der Waals surface area contributed by atoms with Crippen LogP contribution in [0.2, 0.25) is 5.02 Å². The average molecular weight is 292 g/mol. The second kappa shape index (κ2) is 4.47. The van der Waals surface area contributed by atoms with Gasteiger partial charge in [-0.05, 0) is 49.3 Å². The molecule has 2 aliphatic carbocycles. The van der Waals surface area contributed by atoms with E-state index in [1.165, 1.54) is 0 Å². The summed E-state index contributed by atoms with van der Waals surface area (Å²) in [5.74, 6) is 0.977. The number of halogens is 1. The highest BCUT2D eigenvalue weighted by molar-refractivity contribution is 6.30. The third kappa shape index (κ3) is 2.13. The first-order valence-electron chi connectivity index (χ1n) is 7.35. The summed E-state index contributed by atoms with van der Waals surface area (Å²) in [7, 11) is 0. The summed E-state index contributed by atoms with van der Waals surface area (Å²) in [4.78, 5) is 12.2. The van der Waals surface area contributed by atoms with Crippen molar-refractivity contribution in [1.29, 1.82) is 0 Å². The molecule has 0 aromatic heterocycles. The lowest BCUT2D eigenvalue weighted by Crippen LogP contribution is -2.41. The van der Waals surface area contributed by atoms with Crippen LogP contribution in [-0.4, -0.2) is 18.6 Å². The maximum atomic E-state index is 12.2. The monoisotopic (exact) mass is 291 g/mol. The molecule has 1 N–H and O–H groups in total. The zero-order valence-electron chi connectivity index (χ0n) is 11.3. The smallest absolute Gasteiger partial charge is 0.226 e. The van der Waals surface area contributed by atoms with E-state index in [-0.39, 0.29) is 23.5 Å². The molecule has 3 aliphatic rings. The van der Waals surface area contributed by atoms with E-state index in [2.05, 4.69) is 5.32 Å². The van der Waals surface area contributed by atoms with Gasteiger partial charge in [0.25, 0.3) is 0 Å². The maximum absolute atomic E-state index is 12.2. The molecule has 0 radical (unpaired) electrons. The Morgan fingerprint density at radius 2 is 2.20 bits per heavy atom. The van der Waals surface area contributed by atoms with Gasteiger partial charge in [-0.1, -0.05) is 23.7 Å². The first-order valence-corrected chi connectivity index (χ1v) is 7.73. The highest BCUT2D eigenvalue weighted by Gasteiger charge is 2.74. The molecule has 2 saturated carbocycles. The van der Waals surface area contributed by atoms with Crippen molar-refractivity contribution in [1.82, 2.24) is 5.32 Å². The van der Waals surface area contributed by atoms with Gasteiger partial charge in [0.05, 0.1) is 11.5 Å². The molecule has 0 spiro atoms. The molecule has 4 heteroatoms. The molecule has 106 valence electrons. The summed E-state index contributed by atoms with van der Waals surface area (Å²) in [6.07, 6.45) is 4.01. The fraction of sp³-hybridized carbons (Fsp3) is 0.562. The molecule has 3 fully saturated rings. The van der Waals surface area contributed by atoms with Crippen LogP contribution in [0.25, 0.3) is 0 Å². The van der Waals surface area contributed by atoms with Crippen LogP contribution in [0.15, 0.2) is 24.3 Å². The summed E-state index contributed by atoms with van der Waals surface area (Å²) in [6, 6.07) is 8.04. The topological polar surface area (TPSA) is 38.3 Å². The highest BCUT2D eigenvalue weighted by Crippen LogP contribution is 2.75. The molecule has 3 nitrogen and oxygen atoms in total. The number of carbonyl (C=O) groups is 1. The Balaban J connectivity index is 1.41. The molecule has 1 aromatic rings. The van der Waals surface area contributed by atoms with Gasteiger partial charge < -0.3 is 10.1 Å². The van der Waals surface area contributed by atoms with Gasteiger partial charge in [-0.15, -0.1) is 0 Å². The van der Waals surface area contributed by atoms with Crippen molar-refractivity contribution in [3.8, 4) is 0 Å². The maximum Gasteiger partial charge on any atom is 0.226 e. The van der Waals surface area contributed by atoms with Gasteiger partial charge in [0, 0.05) is 17.7 Å². The molecule has 2 atom stereocenters. The highest BCUT2D eigenvalue weighted by atomic mass is 35.5. The van der Waals surface area contributed by atoms with Crippen molar-refractivity contribution in [2.24, 2.45) is 11.3 Å². The molecule has 1 heterocycles. The quantitative estimate of drug-likeness (QED) is 0.929. The van der Waals surface area contributed by atoms with E-state index < -0.39 is 0 Å². The summed E-state index contributed by atoms with van der Waals surface area (Å²) >= 11 is 6.03. The number of fused-ring (bicyclic) bond motifs is 1. The number of nitrogens with one attached hydrogen (secondary N) is 1. The second-order valence-electron chi connectivity index (χ2n) is 6.37. The molecular formula is C16H18ClNO2. The first-order chi connectivity index (χ1) is 9.67. The minimum absolute atomic E-state index is 0.0412. The third-order valence-electron chi connectivity index (χ3n) is 4.97. The van der Waals surface area contributed by atoms with Gasteiger partial charge >= 0.3 is 0 Å². The Hall–Kier alpha value is -1.06.